The Bertz CT molecular complexity index is 1470. The molecule has 0 bridgehead atoms. The maximum absolute atomic E-state index is 13.3. The molecule has 1 aliphatic heterocycles. The second-order valence-corrected chi connectivity index (χ2v) is 11.2. The Balaban J connectivity index is 1.77. The minimum atomic E-state index is -3.88. The lowest BCUT2D eigenvalue weighted by Gasteiger charge is -2.21. The van der Waals surface area contributed by atoms with Gasteiger partial charge in [-0.2, -0.15) is 9.30 Å². The molecule has 4 rings (SSSR count). The van der Waals surface area contributed by atoms with Crippen LogP contribution in [0.15, 0.2) is 46.3 Å². The van der Waals surface area contributed by atoms with Crippen molar-refractivity contribution in [3.8, 4) is 11.5 Å². The lowest BCUT2D eigenvalue weighted by molar-refractivity contribution is -0.141. The molecule has 0 saturated carbocycles. The standard InChI is InChI=1S/C24H27N3O7S2/c1-15-7-9-16(10-8-15)36(30,31)27-11-5-6-17(27)23(29)25-24-26(14-22(28)34-4)18-12-19(32-2)20(33-3)13-21(18)35-24/h7-10,12-13,17H,5-6,11,14H2,1-4H3. The highest BCUT2D eigenvalue weighted by atomic mass is 32.2. The monoisotopic (exact) mass is 533 g/mol. The van der Waals surface area contributed by atoms with Crippen molar-refractivity contribution in [2.75, 3.05) is 27.9 Å². The number of ether oxygens (including phenoxy) is 3. The van der Waals surface area contributed by atoms with E-state index in [0.717, 1.165) is 5.56 Å². The summed E-state index contributed by atoms with van der Waals surface area (Å²) in [6.45, 7) is 1.91. The summed E-state index contributed by atoms with van der Waals surface area (Å²) in [4.78, 5) is 30.2. The topological polar surface area (TPSA) is 116 Å². The highest BCUT2D eigenvalue weighted by molar-refractivity contribution is 7.89. The van der Waals surface area contributed by atoms with E-state index in [1.54, 1.807) is 41.0 Å². The van der Waals surface area contributed by atoms with Gasteiger partial charge in [-0.15, -0.1) is 0 Å². The van der Waals surface area contributed by atoms with Crippen molar-refractivity contribution in [2.45, 2.75) is 37.2 Å². The molecule has 36 heavy (non-hydrogen) atoms. The van der Waals surface area contributed by atoms with Crippen LogP contribution < -0.4 is 14.3 Å². The van der Waals surface area contributed by atoms with E-state index >= 15 is 0 Å². The molecule has 1 unspecified atom stereocenters. The fraction of sp³-hybridized carbons (Fsp3) is 0.375. The normalized spacial score (nSPS) is 16.9. The Morgan fingerprint density at radius 1 is 1.08 bits per heavy atom. The number of methoxy groups -OCH3 is 3. The number of aryl methyl sites for hydroxylation is 1. The molecule has 0 aliphatic carbocycles. The number of carbonyl (C=O) groups is 2. The van der Waals surface area contributed by atoms with Crippen molar-refractivity contribution in [3.05, 3.63) is 46.8 Å². The number of carbonyl (C=O) groups excluding carboxylic acids is 2. The SMILES string of the molecule is COC(=O)Cn1c(=NC(=O)C2CCCN2S(=O)(=O)c2ccc(C)cc2)sc2cc(OC)c(OC)cc21. The molecular formula is C24H27N3O7S2. The Morgan fingerprint density at radius 2 is 1.75 bits per heavy atom. The first-order valence-electron chi connectivity index (χ1n) is 11.2. The zero-order valence-corrected chi connectivity index (χ0v) is 22.0. The third-order valence-corrected chi connectivity index (χ3v) is 8.99. The number of esters is 1. The van der Waals surface area contributed by atoms with Gasteiger partial charge in [0.05, 0.1) is 36.4 Å². The van der Waals surface area contributed by atoms with Gasteiger partial charge in [-0.05, 0) is 31.9 Å². The lowest BCUT2D eigenvalue weighted by Crippen LogP contribution is -2.40. The maximum atomic E-state index is 13.3. The summed E-state index contributed by atoms with van der Waals surface area (Å²) in [7, 11) is 0.408. The lowest BCUT2D eigenvalue weighted by atomic mass is 10.2. The van der Waals surface area contributed by atoms with Crippen molar-refractivity contribution < 1.29 is 32.2 Å². The van der Waals surface area contributed by atoms with E-state index in [1.807, 2.05) is 6.92 Å². The van der Waals surface area contributed by atoms with Crippen LogP contribution in [-0.2, 0) is 30.9 Å². The molecule has 10 nitrogen and oxygen atoms in total. The van der Waals surface area contributed by atoms with E-state index in [-0.39, 0.29) is 22.8 Å². The number of sulfonamides is 1. The summed E-state index contributed by atoms with van der Waals surface area (Å²) in [6, 6.07) is 9.02. The third-order valence-electron chi connectivity index (χ3n) is 6.03. The average molecular weight is 534 g/mol. The molecule has 12 heteroatoms. The van der Waals surface area contributed by atoms with E-state index in [2.05, 4.69) is 4.99 Å². The van der Waals surface area contributed by atoms with Gasteiger partial charge in [-0.1, -0.05) is 29.0 Å². The average Bonchev–Trinajstić information content (AvgIpc) is 3.49. The van der Waals surface area contributed by atoms with Crippen LogP contribution in [0.1, 0.15) is 18.4 Å². The van der Waals surface area contributed by atoms with Crippen molar-refractivity contribution in [3.63, 3.8) is 0 Å². The summed E-state index contributed by atoms with van der Waals surface area (Å²) >= 11 is 1.18. The molecule has 0 N–H and O–H groups in total. The molecule has 1 atom stereocenters. The summed E-state index contributed by atoms with van der Waals surface area (Å²) in [5.74, 6) is -0.180. The van der Waals surface area contributed by atoms with Crippen LogP contribution in [0.4, 0.5) is 0 Å². The summed E-state index contributed by atoms with van der Waals surface area (Å²) in [5, 5.41) is 0. The molecule has 1 aromatic heterocycles. The van der Waals surface area contributed by atoms with E-state index < -0.39 is 27.9 Å². The highest BCUT2D eigenvalue weighted by Gasteiger charge is 2.39. The number of hydrogen-bond acceptors (Lipinski definition) is 8. The molecule has 1 amide bonds. The molecule has 0 spiro atoms. The fourth-order valence-corrected chi connectivity index (χ4v) is 6.81. The first kappa shape index (κ1) is 25.9. The van der Waals surface area contributed by atoms with Crippen LogP contribution in [0.5, 0.6) is 11.5 Å². The largest absolute Gasteiger partial charge is 0.493 e. The first-order valence-corrected chi connectivity index (χ1v) is 13.4. The van der Waals surface area contributed by atoms with Gasteiger partial charge in [0.25, 0.3) is 5.91 Å². The summed E-state index contributed by atoms with van der Waals surface area (Å²) < 4.78 is 45.6. The molecule has 0 radical (unpaired) electrons. The van der Waals surface area contributed by atoms with Crippen molar-refractivity contribution in [1.29, 1.82) is 0 Å². The smallest absolute Gasteiger partial charge is 0.325 e. The molecule has 3 aromatic rings. The van der Waals surface area contributed by atoms with E-state index in [0.29, 0.717) is 34.6 Å². The number of rotatable bonds is 7. The number of amides is 1. The number of aromatic nitrogens is 1. The van der Waals surface area contributed by atoms with Crippen LogP contribution >= 0.6 is 11.3 Å². The second-order valence-electron chi connectivity index (χ2n) is 8.26. The van der Waals surface area contributed by atoms with Gasteiger partial charge >= 0.3 is 5.97 Å². The van der Waals surface area contributed by atoms with E-state index in [4.69, 9.17) is 14.2 Å². The summed E-state index contributed by atoms with van der Waals surface area (Å²) in [6.07, 6.45) is 0.900. The Morgan fingerprint density at radius 3 is 2.39 bits per heavy atom. The molecule has 1 aliphatic rings. The summed E-state index contributed by atoms with van der Waals surface area (Å²) in [5.41, 5.74) is 1.54. The van der Waals surface area contributed by atoms with E-state index in [1.165, 1.54) is 37.0 Å². The Hall–Kier alpha value is -3.22. The first-order chi connectivity index (χ1) is 17.2. The molecular weight excluding hydrogens is 506 g/mol. The molecule has 1 saturated heterocycles. The Labute approximate surface area is 212 Å². The van der Waals surface area contributed by atoms with Gasteiger partial charge in [-0.3, -0.25) is 9.59 Å². The minimum Gasteiger partial charge on any atom is -0.493 e. The van der Waals surface area contributed by atoms with Crippen molar-refractivity contribution in [1.82, 2.24) is 8.87 Å². The third kappa shape index (κ3) is 4.88. The van der Waals surface area contributed by atoms with Gasteiger partial charge in [0.2, 0.25) is 10.0 Å². The van der Waals surface area contributed by atoms with E-state index in [9.17, 15) is 18.0 Å². The Kier molecular flexibility index (Phi) is 7.48. The van der Waals surface area contributed by atoms with Crippen LogP contribution in [0.25, 0.3) is 10.2 Å². The number of thiazole rings is 1. The number of benzene rings is 2. The predicted octanol–water partition coefficient (Wildman–Crippen LogP) is 2.48. The molecule has 192 valence electrons. The maximum Gasteiger partial charge on any atom is 0.325 e. The van der Waals surface area contributed by atoms with Crippen LogP contribution in [0.2, 0.25) is 0 Å². The minimum absolute atomic E-state index is 0.134. The van der Waals surface area contributed by atoms with Crippen molar-refractivity contribution >= 4 is 43.5 Å². The van der Waals surface area contributed by atoms with Gasteiger partial charge < -0.3 is 18.8 Å². The van der Waals surface area contributed by atoms with Crippen LogP contribution in [0, 0.1) is 6.92 Å². The second kappa shape index (κ2) is 10.4. The number of fused-ring (bicyclic) bond motifs is 1. The number of nitrogens with zero attached hydrogens (tertiary/aromatic N) is 3. The molecule has 1 fully saturated rings. The molecule has 2 heterocycles. The van der Waals surface area contributed by atoms with Crippen molar-refractivity contribution in [2.24, 2.45) is 4.99 Å². The quantitative estimate of drug-likeness (QED) is 0.429. The zero-order valence-electron chi connectivity index (χ0n) is 20.4. The van der Waals surface area contributed by atoms with Gasteiger partial charge in [0.15, 0.2) is 16.3 Å². The van der Waals surface area contributed by atoms with Crippen LogP contribution in [0.3, 0.4) is 0 Å². The van der Waals surface area contributed by atoms with Gasteiger partial charge in [-0.25, -0.2) is 8.42 Å². The predicted molar refractivity (Wildman–Crippen MR) is 134 cm³/mol. The van der Waals surface area contributed by atoms with Gasteiger partial charge in [0, 0.05) is 18.7 Å². The zero-order chi connectivity index (χ0) is 26.0. The van der Waals surface area contributed by atoms with Gasteiger partial charge in [0.1, 0.15) is 12.6 Å². The highest BCUT2D eigenvalue weighted by Crippen LogP contribution is 2.33. The fourth-order valence-electron chi connectivity index (χ4n) is 4.12. The number of hydrogen-bond donors (Lipinski definition) is 0. The van der Waals surface area contributed by atoms with Crippen LogP contribution in [-0.4, -0.2) is 63.1 Å². The molecule has 2 aromatic carbocycles.